The van der Waals surface area contributed by atoms with E-state index in [4.69, 9.17) is 15.9 Å². The van der Waals surface area contributed by atoms with Crippen molar-refractivity contribution >= 4 is 47.3 Å². The number of piperidine rings is 1. The molecule has 0 spiro atoms. The van der Waals surface area contributed by atoms with Crippen molar-refractivity contribution < 1.29 is 33.8 Å². The average molecular weight is 562 g/mol. The van der Waals surface area contributed by atoms with Crippen molar-refractivity contribution in [3.8, 4) is 0 Å². The van der Waals surface area contributed by atoms with Gasteiger partial charge < -0.3 is 31.1 Å². The zero-order valence-electron chi connectivity index (χ0n) is 22.0. The molecule has 6 N–H and O–H groups in total. The first-order valence-corrected chi connectivity index (χ1v) is 13.8. The molecule has 2 aliphatic heterocycles. The third-order valence-electron chi connectivity index (χ3n) is 7.29. The van der Waals surface area contributed by atoms with Crippen LogP contribution in [-0.2, 0) is 35.1 Å². The highest BCUT2D eigenvalue weighted by Crippen LogP contribution is 2.40. The predicted molar refractivity (Wildman–Crippen MR) is 144 cm³/mol. The van der Waals surface area contributed by atoms with E-state index in [-0.39, 0.29) is 36.6 Å². The predicted octanol–water partition coefficient (Wildman–Crippen LogP) is 0.490. The molecule has 39 heavy (non-hydrogen) atoms. The van der Waals surface area contributed by atoms with Gasteiger partial charge in [0.25, 0.3) is 5.78 Å². The average Bonchev–Trinajstić information content (AvgIpc) is 3.36. The fourth-order valence-corrected chi connectivity index (χ4v) is 6.86. The molecule has 12 nitrogen and oxygen atoms in total. The van der Waals surface area contributed by atoms with Crippen molar-refractivity contribution in [3.63, 3.8) is 0 Å². The number of Topliss-reactive ketones (excluding diaryl/α,β-unsaturated/α-hetero) is 1. The van der Waals surface area contributed by atoms with Gasteiger partial charge in [-0.25, -0.2) is 4.79 Å². The zero-order valence-corrected chi connectivity index (χ0v) is 22.8. The molecule has 3 rings (SSSR count). The summed E-state index contributed by atoms with van der Waals surface area (Å²) in [6, 6.07) is 7.31. The molecule has 2 fully saturated rings. The molecule has 1 aromatic rings. The Morgan fingerprint density at radius 2 is 1.95 bits per heavy atom. The molecule has 1 aromatic carbocycles. The number of carbonyl (C=O) groups excluding carboxylic acids is 4. The van der Waals surface area contributed by atoms with Crippen LogP contribution in [0, 0.1) is 16.7 Å². The molecule has 0 aromatic heterocycles. The second-order valence-corrected chi connectivity index (χ2v) is 10.9. The summed E-state index contributed by atoms with van der Waals surface area (Å²) >= 11 is 1.48. The van der Waals surface area contributed by atoms with E-state index in [0.717, 1.165) is 12.7 Å². The molecule has 3 unspecified atom stereocenters. The van der Waals surface area contributed by atoms with E-state index in [1.54, 1.807) is 11.8 Å². The van der Waals surface area contributed by atoms with Gasteiger partial charge in [0.1, 0.15) is 6.04 Å². The summed E-state index contributed by atoms with van der Waals surface area (Å²) in [5.41, 5.74) is 4.17. The number of methoxy groups -OCH3 is 1. The minimum atomic E-state index is -2.28. The number of rotatable bonds is 12. The number of thioether (sulfide) groups is 1. The van der Waals surface area contributed by atoms with Gasteiger partial charge in [-0.3, -0.25) is 24.6 Å². The number of nitrogens with zero attached hydrogens (tertiary/aromatic N) is 1. The number of guanidine groups is 1. The Kier molecular flexibility index (Phi) is 9.95. The number of aliphatic carboxylic acids is 1. The van der Waals surface area contributed by atoms with Gasteiger partial charge >= 0.3 is 11.9 Å². The standard InChI is InChI=1S/C26H35N5O7S/c1-3-11-26(24(37)38-2,20(32)23(35)36)18(13-29-25(27)28)30-21(33)17-14-39-19-10-9-16(22(34)31(17)19)12-15-7-5-4-6-8-15/h4-8,16-19H,3,9-14H2,1-2H3,(H,30,33)(H,35,36)(H4,27,28,29)/t16-,17?,18?,19?,26+/m0/s1. The molecule has 0 radical (unpaired) electrons. The summed E-state index contributed by atoms with van der Waals surface area (Å²) in [7, 11) is 1.02. The van der Waals surface area contributed by atoms with Crippen LogP contribution in [0.5, 0.6) is 0 Å². The third-order valence-corrected chi connectivity index (χ3v) is 8.64. The van der Waals surface area contributed by atoms with Crippen LogP contribution in [0.25, 0.3) is 0 Å². The normalized spacial score (nSPS) is 22.7. The highest BCUT2D eigenvalue weighted by molar-refractivity contribution is 8.00. The molecular formula is C26H35N5O7S. The lowest BCUT2D eigenvalue weighted by atomic mass is 9.72. The zero-order chi connectivity index (χ0) is 28.7. The SMILES string of the molecule is CCC[C@](C(=O)OC)(C(=O)C(=O)O)C(CNC(=N)N)NC(=O)C1CSC2CC[C@@H](Cc3ccccc3)C(=O)N21. The van der Waals surface area contributed by atoms with Crippen molar-refractivity contribution in [2.45, 2.75) is 56.5 Å². The molecule has 2 aliphatic rings. The first-order chi connectivity index (χ1) is 18.6. The fraction of sp³-hybridized carbons (Fsp3) is 0.538. The summed E-state index contributed by atoms with van der Waals surface area (Å²) in [5, 5.41) is 22.1. The van der Waals surface area contributed by atoms with Gasteiger partial charge in [0.15, 0.2) is 11.4 Å². The third kappa shape index (κ3) is 6.35. The number of esters is 1. The number of nitrogens with two attached hydrogens (primary N) is 1. The van der Waals surface area contributed by atoms with Crippen molar-refractivity contribution in [1.29, 1.82) is 5.41 Å². The van der Waals surface area contributed by atoms with E-state index >= 15 is 0 Å². The number of amides is 2. The maximum absolute atomic E-state index is 13.7. The van der Waals surface area contributed by atoms with Crippen molar-refractivity contribution in [1.82, 2.24) is 15.5 Å². The van der Waals surface area contributed by atoms with E-state index < -0.39 is 47.1 Å². The smallest absolute Gasteiger partial charge is 0.373 e. The lowest BCUT2D eigenvalue weighted by Gasteiger charge is -2.39. The van der Waals surface area contributed by atoms with E-state index in [0.29, 0.717) is 25.0 Å². The molecule has 5 atom stereocenters. The topological polar surface area (TPSA) is 192 Å². The molecular weight excluding hydrogens is 526 g/mol. The van der Waals surface area contributed by atoms with E-state index in [1.807, 2.05) is 30.3 Å². The fourth-order valence-electron chi connectivity index (χ4n) is 5.43. The first-order valence-electron chi connectivity index (χ1n) is 12.8. The Morgan fingerprint density at radius 1 is 1.26 bits per heavy atom. The van der Waals surface area contributed by atoms with E-state index in [1.165, 1.54) is 11.8 Å². The van der Waals surface area contributed by atoms with Crippen LogP contribution in [0.3, 0.4) is 0 Å². The quantitative estimate of drug-likeness (QED) is 0.0789. The Hall–Kier alpha value is -3.61. The van der Waals surface area contributed by atoms with Gasteiger partial charge in [-0.2, -0.15) is 0 Å². The van der Waals surface area contributed by atoms with E-state index in [2.05, 4.69) is 10.6 Å². The molecule has 0 bridgehead atoms. The molecule has 212 valence electrons. The van der Waals surface area contributed by atoms with Crippen LogP contribution in [0.4, 0.5) is 0 Å². The van der Waals surface area contributed by atoms with Crippen molar-refractivity contribution in [3.05, 3.63) is 35.9 Å². The Morgan fingerprint density at radius 3 is 2.54 bits per heavy atom. The minimum Gasteiger partial charge on any atom is -0.475 e. The molecule has 2 amide bonds. The molecule has 0 aliphatic carbocycles. The summed E-state index contributed by atoms with van der Waals surface area (Å²) in [6.07, 6.45) is 1.93. The molecule has 13 heteroatoms. The van der Waals surface area contributed by atoms with Gasteiger partial charge in [-0.05, 0) is 31.2 Å². The number of ether oxygens (including phenoxy) is 1. The number of hydrogen-bond donors (Lipinski definition) is 5. The number of carbonyl (C=O) groups is 5. The van der Waals surface area contributed by atoms with Crippen LogP contribution in [0.15, 0.2) is 30.3 Å². The number of nitrogens with one attached hydrogen (secondary N) is 3. The second kappa shape index (κ2) is 13.0. The lowest BCUT2D eigenvalue weighted by Crippen LogP contribution is -2.64. The van der Waals surface area contributed by atoms with Gasteiger partial charge in [0.2, 0.25) is 11.8 Å². The van der Waals surface area contributed by atoms with Crippen LogP contribution in [-0.4, -0.2) is 82.4 Å². The van der Waals surface area contributed by atoms with Crippen molar-refractivity contribution in [2.24, 2.45) is 17.1 Å². The number of benzene rings is 1. The summed E-state index contributed by atoms with van der Waals surface area (Å²) in [5.74, 6) is -5.69. The first kappa shape index (κ1) is 29.9. The van der Waals surface area contributed by atoms with Crippen LogP contribution >= 0.6 is 11.8 Å². The Labute approximate surface area is 230 Å². The molecule has 2 saturated heterocycles. The van der Waals surface area contributed by atoms with Crippen LogP contribution in [0.2, 0.25) is 0 Å². The summed E-state index contributed by atoms with van der Waals surface area (Å²) in [6.45, 7) is 1.27. The van der Waals surface area contributed by atoms with Gasteiger partial charge in [0.05, 0.1) is 18.5 Å². The van der Waals surface area contributed by atoms with Gasteiger partial charge in [-0.1, -0.05) is 43.7 Å². The number of hydrogen-bond acceptors (Lipinski definition) is 8. The lowest BCUT2D eigenvalue weighted by molar-refractivity contribution is -0.168. The number of carboxylic acids is 1. The van der Waals surface area contributed by atoms with Crippen LogP contribution in [0.1, 0.15) is 38.2 Å². The number of carboxylic acid groups (broad SMARTS) is 1. The second-order valence-electron chi connectivity index (χ2n) is 9.72. The van der Waals surface area contributed by atoms with Gasteiger partial charge in [-0.15, -0.1) is 11.8 Å². The van der Waals surface area contributed by atoms with Crippen LogP contribution < -0.4 is 16.4 Å². The molecule has 2 heterocycles. The largest absolute Gasteiger partial charge is 0.475 e. The highest BCUT2D eigenvalue weighted by Gasteiger charge is 2.56. The number of fused-ring (bicyclic) bond motifs is 1. The Bertz CT molecular complexity index is 1120. The highest BCUT2D eigenvalue weighted by atomic mass is 32.2. The van der Waals surface area contributed by atoms with Crippen molar-refractivity contribution in [2.75, 3.05) is 19.4 Å². The summed E-state index contributed by atoms with van der Waals surface area (Å²) < 4.78 is 4.85. The summed E-state index contributed by atoms with van der Waals surface area (Å²) in [4.78, 5) is 66.7. The minimum absolute atomic E-state index is 0.145. The maximum atomic E-state index is 13.7. The van der Waals surface area contributed by atoms with E-state index in [9.17, 15) is 29.1 Å². The Balaban J connectivity index is 1.90. The van der Waals surface area contributed by atoms with Gasteiger partial charge in [0, 0.05) is 18.2 Å². The monoisotopic (exact) mass is 561 g/mol. The molecule has 0 saturated carbocycles. The number of ketones is 1. The maximum Gasteiger partial charge on any atom is 0.373 e.